The zero-order chi connectivity index (χ0) is 18.9. The van der Waals surface area contributed by atoms with E-state index in [1.807, 2.05) is 12.4 Å². The number of allylic oxidation sites excluding steroid dienone is 1. The van der Waals surface area contributed by atoms with Crippen molar-refractivity contribution in [3.8, 4) is 0 Å². The van der Waals surface area contributed by atoms with Crippen molar-refractivity contribution in [2.45, 2.75) is 38.5 Å². The molecule has 3 nitrogen and oxygen atoms in total. The number of aromatic nitrogens is 2. The summed E-state index contributed by atoms with van der Waals surface area (Å²) in [6.45, 7) is 0. The third kappa shape index (κ3) is 3.66. The first-order valence-corrected chi connectivity index (χ1v) is 12.6. The summed E-state index contributed by atoms with van der Waals surface area (Å²) < 4.78 is 1.04. The molecule has 144 valence electrons. The molecule has 0 bridgehead atoms. The van der Waals surface area contributed by atoms with Crippen LogP contribution < -0.4 is 21.0 Å². The van der Waals surface area contributed by atoms with Crippen LogP contribution in [0.1, 0.15) is 43.2 Å². The van der Waals surface area contributed by atoms with Gasteiger partial charge < -0.3 is 0 Å². The zero-order valence-electron chi connectivity index (χ0n) is 15.9. The topological polar surface area (TPSA) is 48.9 Å². The number of pyridine rings is 1. The molecule has 1 aliphatic heterocycles. The standard InChI is InChI=1S/C23H25BIN2O/c28-24-14-20(22-19-12-13-26-23(19)27-15-21(22)25-24)18-10-8-17(9-11-18)7-6-16-4-2-1-3-5-16/h1-5,12-15,17-18,28H,6-11H2,(H,26,27)/q-1. The van der Waals surface area contributed by atoms with Crippen LogP contribution in [0.25, 0.3) is 16.6 Å². The second-order valence-corrected chi connectivity index (χ2v) is 11.1. The molecule has 2 aromatic heterocycles. The van der Waals surface area contributed by atoms with Crippen molar-refractivity contribution in [2.24, 2.45) is 11.8 Å². The number of benzene rings is 1. The van der Waals surface area contributed by atoms with E-state index in [0.29, 0.717) is 5.92 Å². The number of hydrogen-bond acceptors (Lipinski definition) is 2. The molecule has 0 unspecified atom stereocenters. The normalized spacial score (nSPS) is 22.5. The molecule has 3 aromatic rings. The van der Waals surface area contributed by atoms with Crippen molar-refractivity contribution < 1.29 is 26.0 Å². The molecule has 2 N–H and O–H groups in total. The van der Waals surface area contributed by atoms with E-state index < -0.39 is 21.0 Å². The van der Waals surface area contributed by atoms with Crippen LogP contribution in [0, 0.1) is 15.4 Å². The van der Waals surface area contributed by atoms with E-state index in [9.17, 15) is 5.02 Å². The monoisotopic (exact) mass is 483 g/mol. The van der Waals surface area contributed by atoms with E-state index in [0.717, 1.165) is 11.6 Å². The molecule has 0 spiro atoms. The van der Waals surface area contributed by atoms with Crippen molar-refractivity contribution in [3.63, 3.8) is 0 Å². The van der Waals surface area contributed by atoms with Gasteiger partial charge in [0.25, 0.3) is 0 Å². The number of nitrogens with one attached hydrogen (secondary N) is 1. The van der Waals surface area contributed by atoms with Crippen LogP contribution >= 0.6 is 0 Å². The Morgan fingerprint density at radius 1 is 1.11 bits per heavy atom. The Bertz CT molecular complexity index is 992. The van der Waals surface area contributed by atoms with Gasteiger partial charge >= 0.3 is 171 Å². The first-order valence-electron chi connectivity index (χ1n) is 10.3. The fourth-order valence-electron chi connectivity index (χ4n) is 4.86. The average Bonchev–Trinajstić information content (AvgIpc) is 3.22. The molecule has 0 amide bonds. The summed E-state index contributed by atoms with van der Waals surface area (Å²) in [4.78, 5) is 7.82. The SMILES string of the molecule is OB1C=C(C2CCC(CCc3ccccc3)CC2)c2c(cnc3[nH]ccc23)[I-]1. The van der Waals surface area contributed by atoms with Crippen molar-refractivity contribution in [1.29, 1.82) is 0 Å². The van der Waals surface area contributed by atoms with Crippen LogP contribution in [0.5, 0.6) is 0 Å². The van der Waals surface area contributed by atoms with Crippen molar-refractivity contribution in [2.75, 3.05) is 0 Å². The summed E-state index contributed by atoms with van der Waals surface area (Å²) in [5.74, 6) is 3.59. The van der Waals surface area contributed by atoms with Crippen LogP contribution in [-0.2, 0) is 6.42 Å². The number of nitrogens with zero attached hydrogens (tertiary/aromatic N) is 1. The van der Waals surface area contributed by atoms with Gasteiger partial charge in [-0.05, 0) is 0 Å². The van der Waals surface area contributed by atoms with Crippen molar-refractivity contribution >= 4 is 21.4 Å². The van der Waals surface area contributed by atoms with Crippen molar-refractivity contribution in [1.82, 2.24) is 9.97 Å². The van der Waals surface area contributed by atoms with Gasteiger partial charge in [0.15, 0.2) is 0 Å². The molecule has 1 fully saturated rings. The van der Waals surface area contributed by atoms with Crippen LogP contribution in [0.2, 0.25) is 0 Å². The minimum atomic E-state index is -0.412. The molecule has 0 saturated heterocycles. The molecule has 28 heavy (non-hydrogen) atoms. The summed E-state index contributed by atoms with van der Waals surface area (Å²) in [5.41, 5.74) is 5.21. The first kappa shape index (κ1) is 18.4. The Hall–Kier alpha value is -1.60. The van der Waals surface area contributed by atoms with Gasteiger partial charge in [-0.1, -0.05) is 6.07 Å². The van der Waals surface area contributed by atoms with Gasteiger partial charge in [-0.25, -0.2) is 0 Å². The third-order valence-corrected chi connectivity index (χ3v) is 8.83. The van der Waals surface area contributed by atoms with Gasteiger partial charge in [-0.15, -0.1) is 0 Å². The molecular formula is C23H25BIN2O-. The summed E-state index contributed by atoms with van der Waals surface area (Å²) >= 11 is -0.412. The fourth-order valence-corrected chi connectivity index (χ4v) is 7.33. The summed E-state index contributed by atoms with van der Waals surface area (Å²) in [7, 11) is 0. The molecule has 3 heterocycles. The van der Waals surface area contributed by atoms with Gasteiger partial charge in [-0.2, -0.15) is 0 Å². The maximum absolute atomic E-state index is 10.5. The molecule has 5 rings (SSSR count). The van der Waals surface area contributed by atoms with Gasteiger partial charge in [0.1, 0.15) is 0 Å². The van der Waals surface area contributed by atoms with E-state index in [1.54, 1.807) is 0 Å². The van der Waals surface area contributed by atoms with E-state index in [1.165, 1.54) is 64.2 Å². The minimum absolute atomic E-state index is 0.268. The Morgan fingerprint density at radius 2 is 1.93 bits per heavy atom. The van der Waals surface area contributed by atoms with E-state index in [-0.39, 0.29) is 4.77 Å². The number of hydrogen-bond donors (Lipinski definition) is 2. The third-order valence-electron chi connectivity index (χ3n) is 6.35. The van der Waals surface area contributed by atoms with Crippen LogP contribution in [0.15, 0.2) is 54.8 Å². The number of H-pyrrole nitrogens is 1. The molecule has 1 aromatic carbocycles. The second kappa shape index (κ2) is 8.03. The van der Waals surface area contributed by atoms with E-state index in [2.05, 4.69) is 52.3 Å². The van der Waals surface area contributed by atoms with Crippen LogP contribution in [0.3, 0.4) is 0 Å². The van der Waals surface area contributed by atoms with Gasteiger partial charge in [0, 0.05) is 0 Å². The molecule has 1 aliphatic carbocycles. The molecule has 1 saturated carbocycles. The van der Waals surface area contributed by atoms with Gasteiger partial charge in [-0.3, -0.25) is 0 Å². The number of fused-ring (bicyclic) bond motifs is 3. The first-order chi connectivity index (χ1) is 13.8. The summed E-state index contributed by atoms with van der Waals surface area (Å²) in [6.07, 6.45) is 11.6. The van der Waals surface area contributed by atoms with Gasteiger partial charge in [0.2, 0.25) is 0 Å². The average molecular weight is 483 g/mol. The summed E-state index contributed by atoms with van der Waals surface area (Å²) in [6, 6.07) is 13.0. The number of halogens is 1. The Morgan fingerprint density at radius 3 is 2.75 bits per heavy atom. The van der Waals surface area contributed by atoms with Gasteiger partial charge in [0.05, 0.1) is 0 Å². The predicted octanol–water partition coefficient (Wildman–Crippen LogP) is 1.68. The number of aryl methyl sites for hydroxylation is 1. The molecule has 0 atom stereocenters. The maximum atomic E-state index is 10.5. The molecule has 0 radical (unpaired) electrons. The predicted molar refractivity (Wildman–Crippen MR) is 111 cm³/mol. The Kier molecular flexibility index (Phi) is 5.29. The van der Waals surface area contributed by atoms with Crippen LogP contribution in [0.4, 0.5) is 0 Å². The zero-order valence-corrected chi connectivity index (χ0v) is 18.1. The quantitative estimate of drug-likeness (QED) is 0.439. The summed E-state index contributed by atoms with van der Waals surface area (Å²) in [5, 5.41) is 11.7. The fraction of sp³-hybridized carbons (Fsp3) is 0.348. The van der Waals surface area contributed by atoms with E-state index >= 15 is 0 Å². The van der Waals surface area contributed by atoms with E-state index in [4.69, 9.17) is 0 Å². The second-order valence-electron chi connectivity index (χ2n) is 8.07. The molecule has 2 aliphatic rings. The Balaban J connectivity index is 1.31. The molecular weight excluding hydrogens is 458 g/mol. The van der Waals surface area contributed by atoms with Crippen molar-refractivity contribution in [3.05, 3.63) is 69.5 Å². The number of aromatic amines is 1. The molecule has 5 heteroatoms. The Labute approximate surface area is 176 Å². The number of rotatable bonds is 4. The van der Waals surface area contributed by atoms with Crippen LogP contribution in [-0.4, -0.2) is 19.8 Å².